The lowest BCUT2D eigenvalue weighted by Crippen LogP contribution is -2.44. The topological polar surface area (TPSA) is 91.8 Å². The summed E-state index contributed by atoms with van der Waals surface area (Å²) >= 11 is 1.47. The van der Waals surface area contributed by atoms with Crippen molar-refractivity contribution in [1.29, 1.82) is 0 Å². The van der Waals surface area contributed by atoms with Gasteiger partial charge in [0.05, 0.1) is 5.01 Å². The van der Waals surface area contributed by atoms with E-state index in [0.717, 1.165) is 24.3 Å². The molecule has 2 amide bonds. The number of piperidine rings is 1. The number of likely N-dealkylation sites (tertiary alicyclic amines) is 1. The van der Waals surface area contributed by atoms with E-state index in [1.807, 2.05) is 85.5 Å². The molecule has 1 aromatic carbocycles. The Morgan fingerprint density at radius 1 is 1.19 bits per heavy atom. The van der Waals surface area contributed by atoms with Crippen LogP contribution >= 0.6 is 11.3 Å². The molecule has 1 atom stereocenters. The van der Waals surface area contributed by atoms with Gasteiger partial charge in [0.1, 0.15) is 17.2 Å². The number of terminal acetylenes is 1. The number of carbonyl (C=O) groups excluding carboxylic acids is 2. The molecular formula is C34H41N3O4S. The van der Waals surface area contributed by atoms with Gasteiger partial charge >= 0.3 is 0 Å². The second-order valence-electron chi connectivity index (χ2n) is 9.61. The maximum absolute atomic E-state index is 12.8. The number of benzene rings is 1. The molecule has 0 radical (unpaired) electrons. The zero-order chi connectivity index (χ0) is 30.7. The van der Waals surface area contributed by atoms with E-state index in [-0.39, 0.29) is 30.0 Å². The van der Waals surface area contributed by atoms with Crippen LogP contribution < -0.4 is 10.1 Å². The molecule has 0 aliphatic carbocycles. The number of nitrogens with zero attached hydrogens (tertiary/aromatic N) is 2. The molecule has 2 heterocycles. The predicted molar refractivity (Wildman–Crippen MR) is 172 cm³/mol. The second kappa shape index (κ2) is 18.9. The maximum atomic E-state index is 12.8. The van der Waals surface area contributed by atoms with Gasteiger partial charge in [0.15, 0.2) is 6.10 Å². The number of aliphatic hydroxyl groups excluding tert-OH is 1. The van der Waals surface area contributed by atoms with Gasteiger partial charge in [-0.1, -0.05) is 60.2 Å². The lowest BCUT2D eigenvalue weighted by molar-refractivity contribution is -0.139. The van der Waals surface area contributed by atoms with Crippen LogP contribution in [0.3, 0.4) is 0 Å². The first-order chi connectivity index (χ1) is 20.4. The van der Waals surface area contributed by atoms with Gasteiger partial charge < -0.3 is 20.1 Å². The van der Waals surface area contributed by atoms with Gasteiger partial charge in [-0.3, -0.25) is 9.59 Å². The van der Waals surface area contributed by atoms with Gasteiger partial charge in [0.2, 0.25) is 0 Å². The van der Waals surface area contributed by atoms with Crippen molar-refractivity contribution < 1.29 is 19.4 Å². The van der Waals surface area contributed by atoms with E-state index < -0.39 is 6.10 Å². The molecule has 1 aromatic heterocycles. The summed E-state index contributed by atoms with van der Waals surface area (Å²) in [7, 11) is 0. The van der Waals surface area contributed by atoms with Crippen molar-refractivity contribution in [3.05, 3.63) is 106 Å². The number of para-hydroxylation sites is 1. The number of amides is 2. The van der Waals surface area contributed by atoms with Crippen LogP contribution in [0.25, 0.3) is 0 Å². The number of rotatable bonds is 12. The van der Waals surface area contributed by atoms with Gasteiger partial charge in [-0.25, -0.2) is 4.98 Å². The Morgan fingerprint density at radius 2 is 1.90 bits per heavy atom. The lowest BCUT2D eigenvalue weighted by atomic mass is 9.97. The van der Waals surface area contributed by atoms with Gasteiger partial charge in [-0.2, -0.15) is 0 Å². The Kier molecular flexibility index (Phi) is 15.2. The molecule has 1 saturated heterocycles. The fraction of sp³-hybridized carbons (Fsp3) is 0.324. The molecule has 1 unspecified atom stereocenters. The van der Waals surface area contributed by atoms with Crippen molar-refractivity contribution in [2.24, 2.45) is 0 Å². The zero-order valence-corrected chi connectivity index (χ0v) is 25.4. The normalized spacial score (nSPS) is 15.5. The highest BCUT2D eigenvalue weighted by Crippen LogP contribution is 2.30. The SMILES string of the molecule is C#C.C\C=C/C=C\C=C(/C)C/C=C\C(O)=C/CNC(=O)c1csc(C2CCN(C(=O)C(C)Oc3ccccc3)CC2)n1. The Balaban J connectivity index is 0.00000301. The molecule has 0 saturated carbocycles. The number of hydrogen-bond donors (Lipinski definition) is 2. The molecule has 7 nitrogen and oxygen atoms in total. The smallest absolute Gasteiger partial charge is 0.271 e. The molecule has 42 heavy (non-hydrogen) atoms. The summed E-state index contributed by atoms with van der Waals surface area (Å²) in [5, 5.41) is 15.5. The Hall–Kier alpha value is -4.35. The van der Waals surface area contributed by atoms with Crippen LogP contribution in [-0.4, -0.2) is 52.5 Å². The first kappa shape index (κ1) is 33.9. The van der Waals surface area contributed by atoms with Crippen LogP contribution in [-0.2, 0) is 4.79 Å². The summed E-state index contributed by atoms with van der Waals surface area (Å²) < 4.78 is 5.79. The van der Waals surface area contributed by atoms with Gasteiger partial charge in [-0.05, 0) is 64.3 Å². The highest BCUT2D eigenvalue weighted by Gasteiger charge is 2.29. The fourth-order valence-corrected chi connectivity index (χ4v) is 5.14. The molecule has 0 bridgehead atoms. The maximum Gasteiger partial charge on any atom is 0.271 e. The standard InChI is InChI=1S/C32H39N3O4S.C2H2/c1-4-5-6-8-12-24(2)13-11-14-27(36)17-20-33-30(37)29-23-40-31(34-29)26-18-21-35(22-19-26)32(38)25(3)39-28-15-9-7-10-16-28;1-2/h4-12,14-17,23,25-26,36H,13,18-22H2,1-3H3,(H,33,37);1-2H/b5-4-,8-6-,14-11-,24-12+,27-17+;. The molecular weight excluding hydrogens is 546 g/mol. The monoisotopic (exact) mass is 587 g/mol. The van der Waals surface area contributed by atoms with Crippen molar-refractivity contribution in [3.8, 4) is 18.6 Å². The lowest BCUT2D eigenvalue weighted by Gasteiger charge is -2.32. The quantitative estimate of drug-likeness (QED) is 0.163. The van der Waals surface area contributed by atoms with Crippen LogP contribution in [0.4, 0.5) is 0 Å². The van der Waals surface area contributed by atoms with E-state index >= 15 is 0 Å². The minimum Gasteiger partial charge on any atom is -0.508 e. The van der Waals surface area contributed by atoms with Gasteiger partial charge in [0, 0.05) is 30.9 Å². The van der Waals surface area contributed by atoms with E-state index in [2.05, 4.69) is 23.1 Å². The third kappa shape index (κ3) is 11.6. The number of allylic oxidation sites excluding steroid dienone is 8. The van der Waals surface area contributed by atoms with Crippen molar-refractivity contribution in [3.63, 3.8) is 0 Å². The summed E-state index contributed by atoms with van der Waals surface area (Å²) in [6.45, 7) is 7.24. The van der Waals surface area contributed by atoms with E-state index in [4.69, 9.17) is 4.74 Å². The molecule has 2 N–H and O–H groups in total. The van der Waals surface area contributed by atoms with Crippen molar-refractivity contribution in [1.82, 2.24) is 15.2 Å². The van der Waals surface area contributed by atoms with Crippen LogP contribution in [0.15, 0.2) is 95.7 Å². The minimum absolute atomic E-state index is 0.0171. The van der Waals surface area contributed by atoms with Crippen molar-refractivity contribution >= 4 is 23.2 Å². The van der Waals surface area contributed by atoms with Gasteiger partial charge in [0.25, 0.3) is 11.8 Å². The third-order valence-electron chi connectivity index (χ3n) is 6.41. The van der Waals surface area contributed by atoms with Crippen LogP contribution in [0.2, 0.25) is 0 Å². The fourth-order valence-electron chi connectivity index (χ4n) is 4.17. The molecule has 8 heteroatoms. The van der Waals surface area contributed by atoms with Crippen LogP contribution in [0, 0.1) is 12.8 Å². The highest BCUT2D eigenvalue weighted by atomic mass is 32.1. The first-order valence-corrected chi connectivity index (χ1v) is 14.8. The van der Waals surface area contributed by atoms with E-state index in [1.165, 1.54) is 16.9 Å². The first-order valence-electron chi connectivity index (χ1n) is 14.0. The van der Waals surface area contributed by atoms with Crippen LogP contribution in [0.5, 0.6) is 5.75 Å². The Bertz CT molecular complexity index is 1300. The zero-order valence-electron chi connectivity index (χ0n) is 24.6. The van der Waals surface area contributed by atoms with Crippen LogP contribution in [0.1, 0.15) is 61.4 Å². The Labute approximate surface area is 254 Å². The second-order valence-corrected chi connectivity index (χ2v) is 10.5. The van der Waals surface area contributed by atoms with Crippen molar-refractivity contribution in [2.75, 3.05) is 19.6 Å². The Morgan fingerprint density at radius 3 is 2.60 bits per heavy atom. The summed E-state index contributed by atoms with van der Waals surface area (Å²) in [4.78, 5) is 31.8. The number of aromatic nitrogens is 1. The predicted octanol–water partition coefficient (Wildman–Crippen LogP) is 6.76. The number of aliphatic hydroxyl groups is 1. The molecule has 222 valence electrons. The number of carbonyl (C=O) groups is 2. The molecule has 2 aromatic rings. The number of hydrogen-bond acceptors (Lipinski definition) is 6. The molecule has 1 aliphatic heterocycles. The molecule has 1 aliphatic rings. The molecule has 1 fully saturated rings. The summed E-state index contributed by atoms with van der Waals surface area (Å²) in [6.07, 6.45) is 24.7. The average Bonchev–Trinajstić information content (AvgIpc) is 3.51. The van der Waals surface area contributed by atoms with E-state index in [1.54, 1.807) is 24.5 Å². The minimum atomic E-state index is -0.547. The van der Waals surface area contributed by atoms with E-state index in [0.29, 0.717) is 24.5 Å². The largest absolute Gasteiger partial charge is 0.508 e. The average molecular weight is 588 g/mol. The number of thiazole rings is 1. The molecule has 3 rings (SSSR count). The third-order valence-corrected chi connectivity index (χ3v) is 7.42. The van der Waals surface area contributed by atoms with Gasteiger partial charge in [-0.15, -0.1) is 24.2 Å². The summed E-state index contributed by atoms with van der Waals surface area (Å²) in [6, 6.07) is 9.36. The highest BCUT2D eigenvalue weighted by molar-refractivity contribution is 7.09. The molecule has 0 spiro atoms. The van der Waals surface area contributed by atoms with E-state index in [9.17, 15) is 14.7 Å². The number of ether oxygens (including phenoxy) is 1. The summed E-state index contributed by atoms with van der Waals surface area (Å²) in [5.41, 5.74) is 1.54. The van der Waals surface area contributed by atoms with Crippen molar-refractivity contribution in [2.45, 2.75) is 52.1 Å². The number of nitrogens with one attached hydrogen (secondary N) is 1. The summed E-state index contributed by atoms with van der Waals surface area (Å²) in [5.74, 6) is 0.701.